The first-order chi connectivity index (χ1) is 6.95. The predicted molar refractivity (Wildman–Crippen MR) is 45.1 cm³/mol. The van der Waals surface area contributed by atoms with Gasteiger partial charge in [-0.25, -0.2) is 9.18 Å². The SMILES string of the molecule is O=C(O)C(F)n1cccc([N+](=O)[O-])c1=O. The topological polar surface area (TPSA) is 102 Å². The Hall–Kier alpha value is -2.25. The lowest BCUT2D eigenvalue weighted by atomic mass is 10.4. The van der Waals surface area contributed by atoms with Gasteiger partial charge in [0.15, 0.2) is 0 Å². The molecule has 1 aromatic heterocycles. The van der Waals surface area contributed by atoms with E-state index in [1.165, 1.54) is 0 Å². The Morgan fingerprint density at radius 1 is 1.67 bits per heavy atom. The standard InChI is InChI=1S/C7H5FN2O5/c8-5(7(12)13)9-3-1-2-4(6(9)11)10(14)15/h1-3,5H,(H,12,13). The number of rotatable bonds is 3. The van der Waals surface area contributed by atoms with E-state index in [2.05, 4.69) is 0 Å². The summed E-state index contributed by atoms with van der Waals surface area (Å²) < 4.78 is 13.0. The molecule has 0 aromatic carbocycles. The van der Waals surface area contributed by atoms with Crippen molar-refractivity contribution in [3.8, 4) is 0 Å². The number of nitrogens with zero attached hydrogens (tertiary/aromatic N) is 2. The van der Waals surface area contributed by atoms with E-state index in [9.17, 15) is 24.1 Å². The molecule has 15 heavy (non-hydrogen) atoms. The van der Waals surface area contributed by atoms with Gasteiger partial charge in [-0.3, -0.25) is 19.5 Å². The van der Waals surface area contributed by atoms with Crippen LogP contribution in [-0.4, -0.2) is 20.6 Å². The van der Waals surface area contributed by atoms with E-state index in [1.807, 2.05) is 0 Å². The Balaban J connectivity index is 3.34. The van der Waals surface area contributed by atoms with Gasteiger partial charge in [-0.2, -0.15) is 0 Å². The molecular formula is C7H5FN2O5. The second-order valence-corrected chi connectivity index (χ2v) is 2.54. The number of aliphatic carboxylic acids is 1. The number of hydrogen-bond acceptors (Lipinski definition) is 4. The largest absolute Gasteiger partial charge is 0.478 e. The number of nitro groups is 1. The van der Waals surface area contributed by atoms with Gasteiger partial charge in [0.2, 0.25) is 0 Å². The van der Waals surface area contributed by atoms with Crippen LogP contribution in [0.3, 0.4) is 0 Å². The zero-order valence-corrected chi connectivity index (χ0v) is 7.16. The number of halogens is 1. The van der Waals surface area contributed by atoms with Crippen LogP contribution in [0.5, 0.6) is 0 Å². The van der Waals surface area contributed by atoms with E-state index in [0.29, 0.717) is 0 Å². The molecule has 1 heterocycles. The summed E-state index contributed by atoms with van der Waals surface area (Å²) in [6.07, 6.45) is -1.80. The van der Waals surface area contributed by atoms with E-state index >= 15 is 0 Å². The maximum atomic E-state index is 12.9. The van der Waals surface area contributed by atoms with Crippen molar-refractivity contribution in [2.24, 2.45) is 0 Å². The van der Waals surface area contributed by atoms with Gasteiger partial charge >= 0.3 is 17.2 Å². The molecule has 0 fully saturated rings. The van der Waals surface area contributed by atoms with Crippen LogP contribution in [-0.2, 0) is 4.79 Å². The second-order valence-electron chi connectivity index (χ2n) is 2.54. The molecule has 0 aliphatic carbocycles. The van der Waals surface area contributed by atoms with Crippen LogP contribution in [0.4, 0.5) is 10.1 Å². The first-order valence-electron chi connectivity index (χ1n) is 3.67. The fourth-order valence-electron chi connectivity index (χ4n) is 0.935. The summed E-state index contributed by atoms with van der Waals surface area (Å²) in [7, 11) is 0. The monoisotopic (exact) mass is 216 g/mol. The van der Waals surface area contributed by atoms with Crippen molar-refractivity contribution in [3.63, 3.8) is 0 Å². The van der Waals surface area contributed by atoms with Gasteiger partial charge in [-0.15, -0.1) is 0 Å². The van der Waals surface area contributed by atoms with Crippen LogP contribution in [0.1, 0.15) is 6.30 Å². The first kappa shape index (κ1) is 10.8. The van der Waals surface area contributed by atoms with Crippen LogP contribution >= 0.6 is 0 Å². The van der Waals surface area contributed by atoms with E-state index in [1.54, 1.807) is 0 Å². The second kappa shape index (κ2) is 3.86. The Morgan fingerprint density at radius 3 is 2.73 bits per heavy atom. The van der Waals surface area contributed by atoms with Crippen LogP contribution < -0.4 is 5.56 Å². The average Bonchev–Trinajstić information content (AvgIpc) is 2.16. The number of alkyl halides is 1. The third-order valence-electron chi connectivity index (χ3n) is 1.60. The molecule has 0 amide bonds. The van der Waals surface area contributed by atoms with Gasteiger partial charge in [0.1, 0.15) is 0 Å². The fraction of sp³-hybridized carbons (Fsp3) is 0.143. The molecule has 0 aliphatic rings. The number of hydrogen-bond donors (Lipinski definition) is 1. The van der Waals surface area contributed by atoms with Crippen LogP contribution in [0.25, 0.3) is 0 Å². The Bertz CT molecular complexity index is 469. The van der Waals surface area contributed by atoms with Crippen molar-refractivity contribution in [1.29, 1.82) is 0 Å². The lowest BCUT2D eigenvalue weighted by molar-refractivity contribution is -0.386. The summed E-state index contributed by atoms with van der Waals surface area (Å²) in [6, 6.07) is 1.89. The van der Waals surface area contributed by atoms with Gasteiger partial charge in [-0.05, 0) is 6.07 Å². The van der Waals surface area contributed by atoms with Gasteiger partial charge in [0.05, 0.1) is 4.92 Å². The molecule has 1 aromatic rings. The van der Waals surface area contributed by atoms with E-state index in [4.69, 9.17) is 5.11 Å². The molecule has 0 bridgehead atoms. The molecule has 1 unspecified atom stereocenters. The van der Waals surface area contributed by atoms with Gasteiger partial charge in [0.25, 0.3) is 6.30 Å². The summed E-state index contributed by atoms with van der Waals surface area (Å²) in [5.74, 6) is -1.89. The fourth-order valence-corrected chi connectivity index (χ4v) is 0.935. The predicted octanol–water partition coefficient (Wildman–Crippen LogP) is 0.309. The summed E-state index contributed by atoms with van der Waals surface area (Å²) in [6.45, 7) is 0. The minimum atomic E-state index is -2.63. The maximum Gasteiger partial charge on any atom is 0.360 e. The minimum Gasteiger partial charge on any atom is -0.478 e. The van der Waals surface area contributed by atoms with Crippen LogP contribution in [0.15, 0.2) is 23.1 Å². The summed E-state index contributed by atoms with van der Waals surface area (Å²) >= 11 is 0. The molecule has 8 heteroatoms. The first-order valence-corrected chi connectivity index (χ1v) is 3.67. The molecule has 1 atom stereocenters. The summed E-state index contributed by atoms with van der Waals surface area (Å²) in [4.78, 5) is 30.7. The summed E-state index contributed by atoms with van der Waals surface area (Å²) in [5.41, 5.74) is -2.17. The molecule has 0 aliphatic heterocycles. The number of carboxylic acid groups (broad SMARTS) is 1. The lowest BCUT2D eigenvalue weighted by Gasteiger charge is -2.05. The highest BCUT2D eigenvalue weighted by Gasteiger charge is 2.23. The van der Waals surface area contributed by atoms with E-state index in [-0.39, 0.29) is 4.57 Å². The van der Waals surface area contributed by atoms with E-state index in [0.717, 1.165) is 18.3 Å². The van der Waals surface area contributed by atoms with Gasteiger partial charge in [0, 0.05) is 12.3 Å². The van der Waals surface area contributed by atoms with E-state index < -0.39 is 28.4 Å². The number of pyridine rings is 1. The summed E-state index contributed by atoms with van der Waals surface area (Å²) in [5, 5.41) is 18.6. The van der Waals surface area contributed by atoms with Crippen molar-refractivity contribution in [1.82, 2.24) is 4.57 Å². The van der Waals surface area contributed by atoms with Gasteiger partial charge < -0.3 is 5.11 Å². The average molecular weight is 216 g/mol. The number of carboxylic acids is 1. The highest BCUT2D eigenvalue weighted by atomic mass is 19.1. The van der Waals surface area contributed by atoms with Gasteiger partial charge in [-0.1, -0.05) is 0 Å². The molecule has 1 rings (SSSR count). The lowest BCUT2D eigenvalue weighted by Crippen LogP contribution is -2.27. The Kier molecular flexibility index (Phi) is 2.79. The highest BCUT2D eigenvalue weighted by molar-refractivity contribution is 5.70. The van der Waals surface area contributed by atoms with Crippen LogP contribution in [0.2, 0.25) is 0 Å². The van der Waals surface area contributed by atoms with Crippen molar-refractivity contribution >= 4 is 11.7 Å². The molecule has 0 spiro atoms. The Labute approximate surface area is 81.5 Å². The number of carbonyl (C=O) groups is 1. The maximum absolute atomic E-state index is 12.9. The molecule has 1 N–H and O–H groups in total. The molecule has 0 saturated carbocycles. The van der Waals surface area contributed by atoms with Crippen molar-refractivity contribution in [2.75, 3.05) is 0 Å². The Morgan fingerprint density at radius 2 is 2.27 bits per heavy atom. The minimum absolute atomic E-state index is 0.139. The third-order valence-corrected chi connectivity index (χ3v) is 1.60. The smallest absolute Gasteiger partial charge is 0.360 e. The molecule has 7 nitrogen and oxygen atoms in total. The van der Waals surface area contributed by atoms with Crippen molar-refractivity contribution in [3.05, 3.63) is 38.8 Å². The van der Waals surface area contributed by atoms with Crippen LogP contribution in [0, 0.1) is 10.1 Å². The molecular weight excluding hydrogens is 211 g/mol. The highest BCUT2D eigenvalue weighted by Crippen LogP contribution is 2.08. The molecule has 0 radical (unpaired) electrons. The molecule has 0 saturated heterocycles. The quantitative estimate of drug-likeness (QED) is 0.578. The zero-order valence-electron chi connectivity index (χ0n) is 7.16. The van der Waals surface area contributed by atoms with Crippen molar-refractivity contribution < 1.29 is 19.2 Å². The van der Waals surface area contributed by atoms with Crippen molar-refractivity contribution in [2.45, 2.75) is 6.30 Å². The molecule has 80 valence electrons. The third kappa shape index (κ3) is 1.98. The number of aromatic nitrogens is 1. The normalized spacial score (nSPS) is 12.1. The zero-order chi connectivity index (χ0) is 11.6.